The molecule has 0 aromatic carbocycles. The first kappa shape index (κ1) is 7.76. The Labute approximate surface area is 61.8 Å². The van der Waals surface area contributed by atoms with Gasteiger partial charge in [-0.3, -0.25) is 0 Å². The smallest absolute Gasteiger partial charge is 0.163 e. The van der Waals surface area contributed by atoms with Crippen LogP contribution in [0.5, 0.6) is 0 Å². The summed E-state index contributed by atoms with van der Waals surface area (Å²) >= 11 is 0. The fraction of sp³-hybridized carbons (Fsp3) is 0.750. The van der Waals surface area contributed by atoms with E-state index in [0.29, 0.717) is 6.61 Å². The summed E-state index contributed by atoms with van der Waals surface area (Å²) in [6, 6.07) is 0. The Morgan fingerprint density at radius 1 is 1.50 bits per heavy atom. The van der Waals surface area contributed by atoms with E-state index in [1.54, 1.807) is 0 Å². The monoisotopic (exact) mass is 142 g/mol. The van der Waals surface area contributed by atoms with Gasteiger partial charge < -0.3 is 9.47 Å². The molecule has 0 aromatic rings. The molecule has 2 nitrogen and oxygen atoms in total. The minimum atomic E-state index is -0.385. The largest absolute Gasteiger partial charge is 0.347 e. The van der Waals surface area contributed by atoms with Crippen LogP contribution < -0.4 is 0 Å². The molecule has 1 atom stereocenters. The van der Waals surface area contributed by atoms with Gasteiger partial charge in [-0.05, 0) is 20.8 Å². The van der Waals surface area contributed by atoms with Gasteiger partial charge in [0.05, 0.1) is 6.61 Å². The van der Waals surface area contributed by atoms with Crippen molar-refractivity contribution < 1.29 is 9.47 Å². The fourth-order valence-electron chi connectivity index (χ4n) is 1.02. The molecule has 0 bridgehead atoms. The van der Waals surface area contributed by atoms with Crippen LogP contribution >= 0.6 is 0 Å². The molecule has 0 aromatic heterocycles. The molecule has 1 rings (SSSR count). The Morgan fingerprint density at radius 3 is 2.60 bits per heavy atom. The number of rotatable bonds is 1. The van der Waals surface area contributed by atoms with E-state index < -0.39 is 0 Å². The first-order chi connectivity index (χ1) is 4.64. The van der Waals surface area contributed by atoms with Crippen molar-refractivity contribution >= 4 is 0 Å². The van der Waals surface area contributed by atoms with Gasteiger partial charge in [-0.2, -0.15) is 0 Å². The average molecular weight is 142 g/mol. The van der Waals surface area contributed by atoms with Crippen LogP contribution in [0.1, 0.15) is 20.8 Å². The van der Waals surface area contributed by atoms with E-state index in [1.165, 1.54) is 0 Å². The molecule has 0 unspecified atom stereocenters. The molecule has 0 spiro atoms. The van der Waals surface area contributed by atoms with Crippen molar-refractivity contribution in [1.29, 1.82) is 0 Å². The Bertz CT molecular complexity index is 138. The zero-order chi connectivity index (χ0) is 7.61. The highest BCUT2D eigenvalue weighted by Gasteiger charge is 2.30. The van der Waals surface area contributed by atoms with Crippen LogP contribution in [-0.4, -0.2) is 18.5 Å². The number of ether oxygens (including phenoxy) is 2. The van der Waals surface area contributed by atoms with Crippen molar-refractivity contribution in [2.24, 2.45) is 0 Å². The summed E-state index contributed by atoms with van der Waals surface area (Å²) in [5.41, 5.74) is 0. The van der Waals surface area contributed by atoms with Crippen LogP contribution in [-0.2, 0) is 9.47 Å². The van der Waals surface area contributed by atoms with Gasteiger partial charge in [0.2, 0.25) is 0 Å². The molecule has 10 heavy (non-hydrogen) atoms. The van der Waals surface area contributed by atoms with Crippen molar-refractivity contribution in [2.75, 3.05) is 6.61 Å². The Hall–Kier alpha value is -0.340. The van der Waals surface area contributed by atoms with Crippen LogP contribution in [0.25, 0.3) is 0 Å². The first-order valence-corrected chi connectivity index (χ1v) is 3.58. The summed E-state index contributed by atoms with van der Waals surface area (Å²) in [6.45, 7) is 6.51. The van der Waals surface area contributed by atoms with Crippen molar-refractivity contribution in [2.45, 2.75) is 32.7 Å². The van der Waals surface area contributed by atoms with E-state index in [9.17, 15) is 0 Å². The van der Waals surface area contributed by atoms with E-state index in [-0.39, 0.29) is 11.9 Å². The van der Waals surface area contributed by atoms with Crippen LogP contribution in [0.2, 0.25) is 0 Å². The van der Waals surface area contributed by atoms with Crippen molar-refractivity contribution in [3.05, 3.63) is 12.2 Å². The lowest BCUT2D eigenvalue weighted by atomic mass is 10.3. The molecule has 1 aliphatic rings. The average Bonchev–Trinajstić information content (AvgIpc) is 2.12. The highest BCUT2D eigenvalue weighted by molar-refractivity contribution is 4.90. The Kier molecular flexibility index (Phi) is 2.11. The second kappa shape index (κ2) is 2.72. The molecule has 1 aliphatic heterocycles. The van der Waals surface area contributed by atoms with E-state index in [4.69, 9.17) is 9.47 Å². The van der Waals surface area contributed by atoms with Gasteiger partial charge in [0, 0.05) is 0 Å². The zero-order valence-electron chi connectivity index (χ0n) is 6.76. The van der Waals surface area contributed by atoms with Gasteiger partial charge in [0.25, 0.3) is 0 Å². The molecule has 2 heteroatoms. The fourth-order valence-corrected chi connectivity index (χ4v) is 1.02. The molecule has 0 radical (unpaired) electrons. The van der Waals surface area contributed by atoms with Crippen molar-refractivity contribution in [3.63, 3.8) is 0 Å². The second-order valence-corrected chi connectivity index (χ2v) is 2.89. The van der Waals surface area contributed by atoms with Gasteiger partial charge in [-0.15, -0.1) is 0 Å². The molecule has 0 saturated carbocycles. The summed E-state index contributed by atoms with van der Waals surface area (Å²) in [4.78, 5) is 0. The summed E-state index contributed by atoms with van der Waals surface area (Å²) in [5.74, 6) is -0.385. The highest BCUT2D eigenvalue weighted by atomic mass is 16.7. The summed E-state index contributed by atoms with van der Waals surface area (Å²) in [5, 5.41) is 0. The first-order valence-electron chi connectivity index (χ1n) is 3.58. The molecule has 58 valence electrons. The summed E-state index contributed by atoms with van der Waals surface area (Å²) < 4.78 is 10.8. The molecule has 1 saturated heterocycles. The van der Waals surface area contributed by atoms with Gasteiger partial charge in [-0.1, -0.05) is 12.2 Å². The minimum absolute atomic E-state index is 0.153. The SMILES string of the molecule is C/C=C\[C@@H]1COC(C)(C)O1. The molecule has 1 fully saturated rings. The van der Waals surface area contributed by atoms with Crippen LogP contribution in [0, 0.1) is 0 Å². The third-order valence-electron chi connectivity index (χ3n) is 1.44. The minimum Gasteiger partial charge on any atom is -0.347 e. The third-order valence-corrected chi connectivity index (χ3v) is 1.44. The number of allylic oxidation sites excluding steroid dienone is 1. The lowest BCUT2D eigenvalue weighted by Gasteiger charge is -2.15. The van der Waals surface area contributed by atoms with E-state index in [0.717, 1.165) is 0 Å². The predicted octanol–water partition coefficient (Wildman–Crippen LogP) is 1.71. The lowest BCUT2D eigenvalue weighted by molar-refractivity contribution is -0.133. The Balaban J connectivity index is 2.43. The molecule has 1 heterocycles. The summed E-state index contributed by atoms with van der Waals surface area (Å²) in [6.07, 6.45) is 4.14. The normalized spacial score (nSPS) is 31.7. The van der Waals surface area contributed by atoms with Crippen LogP contribution in [0.4, 0.5) is 0 Å². The predicted molar refractivity (Wildman–Crippen MR) is 39.7 cm³/mol. The van der Waals surface area contributed by atoms with Crippen LogP contribution in [0.3, 0.4) is 0 Å². The maximum atomic E-state index is 5.48. The maximum absolute atomic E-state index is 5.48. The van der Waals surface area contributed by atoms with Gasteiger partial charge in [-0.25, -0.2) is 0 Å². The van der Waals surface area contributed by atoms with Crippen molar-refractivity contribution in [3.8, 4) is 0 Å². The molecular weight excluding hydrogens is 128 g/mol. The van der Waals surface area contributed by atoms with E-state index in [2.05, 4.69) is 0 Å². The third kappa shape index (κ3) is 1.82. The van der Waals surface area contributed by atoms with Gasteiger partial charge >= 0.3 is 0 Å². The van der Waals surface area contributed by atoms with Gasteiger partial charge in [0.15, 0.2) is 5.79 Å². The standard InChI is InChI=1S/C8H14O2/c1-4-5-7-6-9-8(2,3)10-7/h4-5,7H,6H2,1-3H3/b5-4-/t7-/m1/s1. The zero-order valence-corrected chi connectivity index (χ0v) is 6.76. The summed E-state index contributed by atoms with van der Waals surface area (Å²) in [7, 11) is 0. The second-order valence-electron chi connectivity index (χ2n) is 2.89. The lowest BCUT2D eigenvalue weighted by Crippen LogP contribution is -2.20. The number of hydrogen-bond donors (Lipinski definition) is 0. The topological polar surface area (TPSA) is 18.5 Å². The van der Waals surface area contributed by atoms with E-state index in [1.807, 2.05) is 32.9 Å². The molecular formula is C8H14O2. The molecule has 0 N–H and O–H groups in total. The quantitative estimate of drug-likeness (QED) is 0.519. The Morgan fingerprint density at radius 2 is 2.20 bits per heavy atom. The van der Waals surface area contributed by atoms with E-state index >= 15 is 0 Å². The van der Waals surface area contributed by atoms with Crippen molar-refractivity contribution in [1.82, 2.24) is 0 Å². The molecule has 0 aliphatic carbocycles. The maximum Gasteiger partial charge on any atom is 0.163 e. The number of hydrogen-bond acceptors (Lipinski definition) is 2. The highest BCUT2D eigenvalue weighted by Crippen LogP contribution is 2.22. The molecule has 0 amide bonds. The van der Waals surface area contributed by atoms with Gasteiger partial charge in [0.1, 0.15) is 6.10 Å². The van der Waals surface area contributed by atoms with Crippen LogP contribution in [0.15, 0.2) is 12.2 Å².